The highest BCUT2D eigenvalue weighted by atomic mass is 19.2. The summed E-state index contributed by atoms with van der Waals surface area (Å²) in [6.07, 6.45) is 8.76. The minimum absolute atomic E-state index is 0.406. The molecule has 4 heteroatoms. The van der Waals surface area contributed by atoms with Crippen LogP contribution in [0.1, 0.15) is 44.5 Å². The van der Waals surface area contributed by atoms with E-state index in [2.05, 4.69) is 19.1 Å². The minimum Gasteiger partial charge on any atom is -0.348 e. The van der Waals surface area contributed by atoms with Gasteiger partial charge in [0.2, 0.25) is 0 Å². The molecule has 23 heavy (non-hydrogen) atoms. The molecule has 2 fully saturated rings. The van der Waals surface area contributed by atoms with E-state index >= 15 is 0 Å². The summed E-state index contributed by atoms with van der Waals surface area (Å²) < 4.78 is 37.9. The standard InChI is InChI=1S/C19H24F2O2/c1-2-3-13-4-6-14(7-5-13)16-11-22-19(23-12-16)15-8-9-17(20)18(21)10-15/h2-3,8-10,13-14,16,19H,4-7,11-12H2,1H3/b3-2+/t13-,14-,16-,19-. The van der Waals surface area contributed by atoms with E-state index in [1.807, 2.05) is 0 Å². The molecule has 3 rings (SSSR count). The summed E-state index contributed by atoms with van der Waals surface area (Å²) in [5, 5.41) is 0. The van der Waals surface area contributed by atoms with Crippen LogP contribution in [-0.2, 0) is 9.47 Å². The Morgan fingerprint density at radius 1 is 0.957 bits per heavy atom. The Hall–Kier alpha value is -1.26. The van der Waals surface area contributed by atoms with Gasteiger partial charge in [0.1, 0.15) is 0 Å². The largest absolute Gasteiger partial charge is 0.348 e. The number of benzene rings is 1. The van der Waals surface area contributed by atoms with Gasteiger partial charge in [0.15, 0.2) is 17.9 Å². The first kappa shape index (κ1) is 16.6. The van der Waals surface area contributed by atoms with Crippen LogP contribution < -0.4 is 0 Å². The maximum Gasteiger partial charge on any atom is 0.183 e. The molecule has 1 aliphatic carbocycles. The number of rotatable bonds is 3. The molecule has 2 nitrogen and oxygen atoms in total. The van der Waals surface area contributed by atoms with Crippen LogP contribution in [0.5, 0.6) is 0 Å². The maximum absolute atomic E-state index is 13.3. The second-order valence-corrected chi connectivity index (χ2v) is 6.63. The van der Waals surface area contributed by atoms with E-state index in [0.29, 0.717) is 30.6 Å². The van der Waals surface area contributed by atoms with Crippen molar-refractivity contribution in [3.05, 3.63) is 47.5 Å². The van der Waals surface area contributed by atoms with Crippen molar-refractivity contribution >= 4 is 0 Å². The van der Waals surface area contributed by atoms with Crippen molar-refractivity contribution in [3.8, 4) is 0 Å². The van der Waals surface area contributed by atoms with Crippen LogP contribution in [0.25, 0.3) is 0 Å². The van der Waals surface area contributed by atoms with Crippen molar-refractivity contribution in [3.63, 3.8) is 0 Å². The smallest absolute Gasteiger partial charge is 0.183 e. The Morgan fingerprint density at radius 3 is 2.26 bits per heavy atom. The summed E-state index contributed by atoms with van der Waals surface area (Å²) in [4.78, 5) is 0. The molecule has 1 aromatic carbocycles. The van der Waals surface area contributed by atoms with Gasteiger partial charge in [-0.15, -0.1) is 0 Å². The minimum atomic E-state index is -0.862. The predicted molar refractivity (Wildman–Crippen MR) is 84.8 cm³/mol. The number of ether oxygens (including phenoxy) is 2. The molecule has 1 aliphatic heterocycles. The average molecular weight is 322 g/mol. The highest BCUT2D eigenvalue weighted by molar-refractivity contribution is 5.19. The van der Waals surface area contributed by atoms with Gasteiger partial charge in [0, 0.05) is 11.5 Å². The molecule has 1 aromatic rings. The van der Waals surface area contributed by atoms with Gasteiger partial charge in [-0.2, -0.15) is 0 Å². The quantitative estimate of drug-likeness (QED) is 0.728. The molecule has 1 saturated carbocycles. The van der Waals surface area contributed by atoms with E-state index in [9.17, 15) is 8.78 Å². The van der Waals surface area contributed by atoms with Crippen molar-refractivity contribution in [2.75, 3.05) is 13.2 Å². The fourth-order valence-electron chi connectivity index (χ4n) is 3.72. The van der Waals surface area contributed by atoms with E-state index in [4.69, 9.17) is 9.47 Å². The zero-order valence-electron chi connectivity index (χ0n) is 13.5. The highest BCUT2D eigenvalue weighted by Crippen LogP contribution is 2.37. The number of halogens is 2. The Balaban J connectivity index is 1.51. The van der Waals surface area contributed by atoms with E-state index in [1.165, 1.54) is 31.7 Å². The number of allylic oxidation sites excluding steroid dienone is 2. The Labute approximate surface area is 136 Å². The molecule has 0 atom stereocenters. The van der Waals surface area contributed by atoms with Gasteiger partial charge in [-0.25, -0.2) is 8.78 Å². The van der Waals surface area contributed by atoms with E-state index in [0.717, 1.165) is 18.1 Å². The summed E-state index contributed by atoms with van der Waals surface area (Å²) in [7, 11) is 0. The lowest BCUT2D eigenvalue weighted by Crippen LogP contribution is -2.34. The molecule has 1 saturated heterocycles. The van der Waals surface area contributed by atoms with Gasteiger partial charge < -0.3 is 9.47 Å². The lowest BCUT2D eigenvalue weighted by atomic mass is 9.76. The first-order chi connectivity index (χ1) is 11.2. The lowest BCUT2D eigenvalue weighted by molar-refractivity contribution is -0.214. The average Bonchev–Trinajstić information content (AvgIpc) is 2.59. The fraction of sp³-hybridized carbons (Fsp3) is 0.579. The third-order valence-electron chi connectivity index (χ3n) is 5.09. The molecule has 0 spiro atoms. The van der Waals surface area contributed by atoms with Crippen LogP contribution in [-0.4, -0.2) is 13.2 Å². The Kier molecular flexibility index (Phi) is 5.44. The first-order valence-corrected chi connectivity index (χ1v) is 8.48. The molecule has 2 aliphatic rings. The summed E-state index contributed by atoms with van der Waals surface area (Å²) >= 11 is 0. The third-order valence-corrected chi connectivity index (χ3v) is 5.09. The Morgan fingerprint density at radius 2 is 1.65 bits per heavy atom. The Bertz CT molecular complexity index is 542. The van der Waals surface area contributed by atoms with E-state index in [1.54, 1.807) is 0 Å². The summed E-state index contributed by atoms with van der Waals surface area (Å²) in [5.41, 5.74) is 0.541. The van der Waals surface area contributed by atoms with Gasteiger partial charge in [-0.3, -0.25) is 0 Å². The van der Waals surface area contributed by atoms with Gasteiger partial charge in [0.05, 0.1) is 13.2 Å². The second-order valence-electron chi connectivity index (χ2n) is 6.63. The van der Waals surface area contributed by atoms with Gasteiger partial charge in [-0.05, 0) is 56.6 Å². The molecule has 0 N–H and O–H groups in total. The highest BCUT2D eigenvalue weighted by Gasteiger charge is 2.32. The van der Waals surface area contributed by atoms with E-state index < -0.39 is 17.9 Å². The molecule has 0 bridgehead atoms. The molecule has 1 heterocycles. The number of hydrogen-bond donors (Lipinski definition) is 0. The third kappa shape index (κ3) is 3.99. The zero-order chi connectivity index (χ0) is 16.2. The van der Waals surface area contributed by atoms with Crippen LogP contribution in [0.2, 0.25) is 0 Å². The SMILES string of the molecule is C/C=C/[C@H]1CC[C@H]([C@H]2CO[C@H](c3ccc(F)c(F)c3)OC2)CC1. The molecule has 0 amide bonds. The lowest BCUT2D eigenvalue weighted by Gasteiger charge is -2.37. The molecule has 0 unspecified atom stereocenters. The molecular formula is C19H24F2O2. The van der Waals surface area contributed by atoms with Gasteiger partial charge >= 0.3 is 0 Å². The molecule has 0 radical (unpaired) electrons. The van der Waals surface area contributed by atoms with Crippen molar-refractivity contribution < 1.29 is 18.3 Å². The maximum atomic E-state index is 13.3. The van der Waals surface area contributed by atoms with Crippen molar-refractivity contribution in [2.24, 2.45) is 17.8 Å². The zero-order valence-corrected chi connectivity index (χ0v) is 13.5. The van der Waals surface area contributed by atoms with Crippen LogP contribution in [0.4, 0.5) is 8.78 Å². The first-order valence-electron chi connectivity index (χ1n) is 8.48. The van der Waals surface area contributed by atoms with Crippen molar-refractivity contribution in [2.45, 2.75) is 38.9 Å². The monoisotopic (exact) mass is 322 g/mol. The summed E-state index contributed by atoms with van der Waals surface area (Å²) in [6.45, 7) is 3.33. The van der Waals surface area contributed by atoms with Crippen LogP contribution in [0.3, 0.4) is 0 Å². The van der Waals surface area contributed by atoms with E-state index in [-0.39, 0.29) is 0 Å². The topological polar surface area (TPSA) is 18.5 Å². The molecule has 126 valence electrons. The van der Waals surface area contributed by atoms with Crippen molar-refractivity contribution in [1.29, 1.82) is 0 Å². The van der Waals surface area contributed by atoms with Crippen molar-refractivity contribution in [1.82, 2.24) is 0 Å². The van der Waals surface area contributed by atoms with Crippen LogP contribution in [0.15, 0.2) is 30.4 Å². The number of hydrogen-bond acceptors (Lipinski definition) is 2. The molecule has 0 aromatic heterocycles. The summed E-state index contributed by atoms with van der Waals surface area (Å²) in [6, 6.07) is 3.79. The van der Waals surface area contributed by atoms with Gasteiger partial charge in [0.25, 0.3) is 0 Å². The summed E-state index contributed by atoms with van der Waals surface area (Å²) in [5.74, 6) is 0.0570. The normalized spacial score (nSPS) is 32.3. The van der Waals surface area contributed by atoms with Crippen LogP contribution in [0, 0.1) is 29.4 Å². The van der Waals surface area contributed by atoms with Crippen LogP contribution >= 0.6 is 0 Å². The fourth-order valence-corrected chi connectivity index (χ4v) is 3.72. The predicted octanol–water partition coefficient (Wildman–Crippen LogP) is 5.01. The second kappa shape index (κ2) is 7.54. The van der Waals surface area contributed by atoms with Gasteiger partial charge in [-0.1, -0.05) is 18.2 Å². The molecular weight excluding hydrogens is 298 g/mol.